The summed E-state index contributed by atoms with van der Waals surface area (Å²) in [5, 5.41) is 0. The largest absolute Gasteiger partial charge is 0.311 e. The van der Waals surface area contributed by atoms with E-state index in [0.717, 1.165) is 51.2 Å². The number of hydrogen-bond acceptors (Lipinski definition) is 7. The Bertz CT molecular complexity index is 4880. The summed E-state index contributed by atoms with van der Waals surface area (Å²) in [5.41, 5.74) is 28.9. The van der Waals surface area contributed by atoms with Gasteiger partial charge in [-0.3, -0.25) is 0 Å². The van der Waals surface area contributed by atoms with Crippen LogP contribution in [-0.2, 0) is 0 Å². The third-order valence-corrected chi connectivity index (χ3v) is 21.9. The van der Waals surface area contributed by atoms with E-state index in [1.807, 2.05) is 23.5 Å². The van der Waals surface area contributed by atoms with Gasteiger partial charge in [-0.05, 0) is 172 Å². The molecule has 5 nitrogen and oxygen atoms in total. The molecular weight excluding hydrogens is 1180 g/mol. The van der Waals surface area contributed by atoms with Crippen molar-refractivity contribution in [3.05, 3.63) is 356 Å². The molecule has 0 fully saturated rings. The van der Waals surface area contributed by atoms with E-state index in [1.165, 1.54) is 103 Å². The zero-order valence-corrected chi connectivity index (χ0v) is 52.7. The Morgan fingerprint density at radius 1 is 0.255 bits per heavy atom. The molecular formula is C85H57B2N5S2. The quantitative estimate of drug-likeness (QED) is 0.125. The van der Waals surface area contributed by atoms with Gasteiger partial charge >= 0.3 is 0 Å². The minimum absolute atomic E-state index is 0.134. The second-order valence-electron chi connectivity index (χ2n) is 24.6. The van der Waals surface area contributed by atoms with Gasteiger partial charge < -0.3 is 24.5 Å². The van der Waals surface area contributed by atoms with Crippen molar-refractivity contribution in [3.8, 4) is 0 Å². The van der Waals surface area contributed by atoms with Crippen LogP contribution in [0.4, 0.5) is 85.3 Å². The van der Waals surface area contributed by atoms with Gasteiger partial charge in [0.15, 0.2) is 0 Å². The van der Waals surface area contributed by atoms with Crippen LogP contribution in [0.15, 0.2) is 359 Å². The first-order valence-electron chi connectivity index (χ1n) is 32.3. The van der Waals surface area contributed by atoms with Crippen molar-refractivity contribution in [2.75, 3.05) is 24.5 Å². The van der Waals surface area contributed by atoms with E-state index >= 15 is 0 Å². The number of fused-ring (bicyclic) bond motifs is 10. The van der Waals surface area contributed by atoms with Gasteiger partial charge in [0.05, 0.1) is 11.4 Å². The fourth-order valence-corrected chi connectivity index (χ4v) is 18.5. The number of rotatable bonds is 10. The Balaban J connectivity index is 0.941. The molecule has 0 atom stereocenters. The zero-order chi connectivity index (χ0) is 61.8. The first-order valence-corrected chi connectivity index (χ1v) is 34.0. The third-order valence-electron chi connectivity index (χ3n) is 19.5. The Morgan fingerprint density at radius 2 is 0.553 bits per heavy atom. The van der Waals surface area contributed by atoms with E-state index in [9.17, 15) is 0 Å². The molecule has 94 heavy (non-hydrogen) atoms. The summed E-state index contributed by atoms with van der Waals surface area (Å²) >= 11 is 3.96. The Morgan fingerprint density at radius 3 is 0.915 bits per heavy atom. The molecule has 0 aromatic heterocycles. The fourth-order valence-electron chi connectivity index (χ4n) is 15.8. The molecule has 5 aliphatic rings. The summed E-state index contributed by atoms with van der Waals surface area (Å²) in [6.07, 6.45) is 0. The molecule has 0 bridgehead atoms. The highest BCUT2D eigenvalue weighted by atomic mass is 32.2. The van der Waals surface area contributed by atoms with E-state index in [1.54, 1.807) is 0 Å². The van der Waals surface area contributed by atoms with E-state index in [2.05, 4.69) is 364 Å². The molecule has 0 aliphatic carbocycles. The number of nitrogens with zero attached hydrogens (tertiary/aromatic N) is 5. The molecule has 9 heteroatoms. The topological polar surface area (TPSA) is 16.2 Å². The lowest BCUT2D eigenvalue weighted by Gasteiger charge is -2.45. The van der Waals surface area contributed by atoms with Crippen molar-refractivity contribution in [1.29, 1.82) is 0 Å². The van der Waals surface area contributed by atoms with Gasteiger partial charge in [0, 0.05) is 99.4 Å². The van der Waals surface area contributed by atoms with Gasteiger partial charge in [-0.25, -0.2) is 0 Å². The molecule has 19 rings (SSSR count). The molecule has 0 N–H and O–H groups in total. The van der Waals surface area contributed by atoms with Crippen LogP contribution in [-0.4, -0.2) is 13.4 Å². The fraction of sp³-hybridized carbons (Fsp3) is 0.0118. The highest BCUT2D eigenvalue weighted by Gasteiger charge is 2.49. The van der Waals surface area contributed by atoms with Crippen molar-refractivity contribution < 1.29 is 0 Å². The van der Waals surface area contributed by atoms with Crippen LogP contribution in [0, 0.1) is 0 Å². The summed E-state index contributed by atoms with van der Waals surface area (Å²) in [6.45, 7) is -0.268. The standard InChI is InChI=1S/C85H57B2N5S2/c1-8-30-57(31-9-1)88(58-32-10-2-11-33-58)64-52-76-82-78(54-64)93-84-70(86(82)68-46-24-28-50-74(68)91(76)62-40-18-6-19-41-62)56-71-85(81(84)80-66-44-22-26-48-72(66)90(61-38-16-5-17-39-61)73-49-27-23-45-67(73)80)94-79-55-65(89(59-34-12-3-13-35-59)60-36-14-4-15-37-60)53-77-83(79)87(71)69-47-25-29-51-75(69)92(77)63-42-20-7-21-43-63/h1-56,80H. The van der Waals surface area contributed by atoms with E-state index in [4.69, 9.17) is 0 Å². The molecule has 0 unspecified atom stereocenters. The summed E-state index contributed by atoms with van der Waals surface area (Å²) in [7, 11) is 0. The van der Waals surface area contributed by atoms with Crippen LogP contribution in [0.1, 0.15) is 22.6 Å². The maximum Gasteiger partial charge on any atom is 0.249 e. The van der Waals surface area contributed by atoms with Crippen molar-refractivity contribution in [1.82, 2.24) is 0 Å². The molecule has 14 aromatic rings. The lowest BCUT2D eigenvalue weighted by atomic mass is 9.31. The van der Waals surface area contributed by atoms with Crippen molar-refractivity contribution in [2.45, 2.75) is 25.5 Å². The summed E-state index contributed by atoms with van der Waals surface area (Å²) in [5.74, 6) is -0.181. The molecule has 0 amide bonds. The second kappa shape index (κ2) is 22.3. The molecule has 0 spiro atoms. The maximum atomic E-state index is 2.70. The first-order chi connectivity index (χ1) is 46.7. The van der Waals surface area contributed by atoms with E-state index in [-0.39, 0.29) is 19.3 Å². The van der Waals surface area contributed by atoms with Gasteiger partial charge in [0.1, 0.15) is 0 Å². The van der Waals surface area contributed by atoms with Crippen molar-refractivity contribution in [3.63, 3.8) is 0 Å². The minimum Gasteiger partial charge on any atom is -0.311 e. The van der Waals surface area contributed by atoms with Crippen LogP contribution in [0.25, 0.3) is 0 Å². The minimum atomic E-state index is -0.181. The van der Waals surface area contributed by atoms with Crippen LogP contribution >= 0.6 is 23.5 Å². The van der Waals surface area contributed by atoms with Crippen LogP contribution in [0.3, 0.4) is 0 Å². The normalized spacial score (nSPS) is 13.5. The number of anilines is 15. The van der Waals surface area contributed by atoms with E-state index in [0.29, 0.717) is 0 Å². The predicted octanol–water partition coefficient (Wildman–Crippen LogP) is 19.1. The number of hydrogen-bond donors (Lipinski definition) is 0. The highest BCUT2D eigenvalue weighted by Crippen LogP contribution is 2.58. The summed E-state index contributed by atoms with van der Waals surface area (Å²) < 4.78 is 0. The molecule has 5 aliphatic heterocycles. The summed E-state index contributed by atoms with van der Waals surface area (Å²) in [6, 6.07) is 126. The Labute approximate surface area is 557 Å². The predicted molar refractivity (Wildman–Crippen MR) is 398 cm³/mol. The van der Waals surface area contributed by atoms with Crippen LogP contribution < -0.4 is 57.3 Å². The third kappa shape index (κ3) is 8.61. The van der Waals surface area contributed by atoms with Gasteiger partial charge in [-0.2, -0.15) is 0 Å². The Kier molecular flexibility index (Phi) is 13.0. The number of benzene rings is 14. The molecule has 14 aromatic carbocycles. The molecule has 0 saturated heterocycles. The second-order valence-corrected chi connectivity index (χ2v) is 26.7. The van der Waals surface area contributed by atoms with Gasteiger partial charge in [-0.15, -0.1) is 0 Å². The smallest absolute Gasteiger partial charge is 0.249 e. The average Bonchev–Trinajstić information content (AvgIpc) is 0.686. The summed E-state index contributed by atoms with van der Waals surface area (Å²) in [4.78, 5) is 17.6. The maximum absolute atomic E-state index is 2.70. The monoisotopic (exact) mass is 1230 g/mol. The highest BCUT2D eigenvalue weighted by molar-refractivity contribution is 8.01. The van der Waals surface area contributed by atoms with Gasteiger partial charge in [0.2, 0.25) is 13.4 Å². The van der Waals surface area contributed by atoms with Crippen LogP contribution in [0.5, 0.6) is 0 Å². The first kappa shape index (κ1) is 54.6. The number of para-hydroxylation sites is 11. The van der Waals surface area contributed by atoms with Crippen LogP contribution in [0.2, 0.25) is 0 Å². The zero-order valence-electron chi connectivity index (χ0n) is 51.1. The molecule has 440 valence electrons. The van der Waals surface area contributed by atoms with Crippen molar-refractivity contribution in [2.24, 2.45) is 0 Å². The van der Waals surface area contributed by atoms with Gasteiger partial charge in [0.25, 0.3) is 0 Å². The van der Waals surface area contributed by atoms with Gasteiger partial charge in [-0.1, -0.05) is 241 Å². The molecule has 5 heterocycles. The van der Waals surface area contributed by atoms with E-state index < -0.39 is 0 Å². The lowest BCUT2D eigenvalue weighted by Crippen LogP contribution is -2.64. The van der Waals surface area contributed by atoms with Crippen molar-refractivity contribution >= 4 is 155 Å². The Hall–Kier alpha value is -11.1. The molecule has 0 saturated carbocycles. The SMILES string of the molecule is c1ccc(N(c2ccccc2)c2cc3c4c(c2)N(c2ccccc2)c2ccccc2B4c2cc4c(c(C5c6ccccc6N(c6ccccc6)c6ccccc65)c2S3)Sc2cc(N(c3ccccc3)c3ccccc3)cc3c2B4c2ccccc2N3c2ccccc2)cc1. The average molecular weight is 1230 g/mol. The lowest BCUT2D eigenvalue weighted by molar-refractivity contribution is 0.892. The molecule has 0 radical (unpaired) electrons.